The molecule has 0 fully saturated rings. The maximum atomic E-state index is 12.2. The van der Waals surface area contributed by atoms with Crippen LogP contribution in [-0.4, -0.2) is 49.0 Å². The molecule has 0 unspecified atom stereocenters. The molecule has 1 aromatic heterocycles. The fourth-order valence-electron chi connectivity index (χ4n) is 2.45. The van der Waals surface area contributed by atoms with Crippen LogP contribution < -0.4 is 5.32 Å². The number of carbonyl (C=O) groups is 1. The Balaban J connectivity index is 2.65. The van der Waals surface area contributed by atoms with E-state index in [2.05, 4.69) is 35.6 Å². The summed E-state index contributed by atoms with van der Waals surface area (Å²) in [6.45, 7) is 10.6. The van der Waals surface area contributed by atoms with Crippen molar-refractivity contribution in [2.45, 2.75) is 33.7 Å². The Morgan fingerprint density at radius 1 is 1.37 bits per heavy atom. The van der Waals surface area contributed by atoms with Crippen LogP contribution in [0.2, 0.25) is 0 Å². The van der Waals surface area contributed by atoms with Gasteiger partial charge in [-0.15, -0.1) is 0 Å². The molecule has 0 radical (unpaired) electrons. The largest absolute Gasteiger partial charge is 0.346 e. The number of hydrogen-bond donors (Lipinski definition) is 1. The molecular weight excluding hydrogens is 238 g/mol. The normalized spacial score (nSPS) is 11.6. The van der Waals surface area contributed by atoms with Crippen LogP contribution in [0.4, 0.5) is 0 Å². The summed E-state index contributed by atoms with van der Waals surface area (Å²) in [5.41, 5.74) is 3.08. The van der Waals surface area contributed by atoms with Crippen LogP contribution >= 0.6 is 0 Å². The second kappa shape index (κ2) is 6.87. The zero-order valence-electron chi connectivity index (χ0n) is 13.1. The van der Waals surface area contributed by atoms with Gasteiger partial charge in [-0.3, -0.25) is 4.79 Å². The van der Waals surface area contributed by atoms with E-state index in [4.69, 9.17) is 0 Å². The average molecular weight is 265 g/mol. The number of likely N-dealkylation sites (N-methyl/N-ethyl adjacent to an activating group) is 1. The number of ketones is 1. The summed E-state index contributed by atoms with van der Waals surface area (Å²) >= 11 is 0. The molecule has 0 aromatic carbocycles. The smallest absolute Gasteiger partial charge is 0.178 e. The highest BCUT2D eigenvalue weighted by molar-refractivity contribution is 5.99. The van der Waals surface area contributed by atoms with Crippen molar-refractivity contribution in [2.24, 2.45) is 0 Å². The van der Waals surface area contributed by atoms with Gasteiger partial charge in [-0.05, 0) is 47.9 Å². The maximum absolute atomic E-state index is 12.2. The van der Waals surface area contributed by atoms with Gasteiger partial charge in [0, 0.05) is 36.1 Å². The predicted octanol–water partition coefficient (Wildman–Crippen LogP) is 2.02. The molecule has 0 atom stereocenters. The van der Waals surface area contributed by atoms with Crippen molar-refractivity contribution in [3.63, 3.8) is 0 Å². The molecule has 0 spiro atoms. The number of carbonyl (C=O) groups excluding carboxylic acids is 1. The van der Waals surface area contributed by atoms with Gasteiger partial charge in [-0.1, -0.05) is 0 Å². The summed E-state index contributed by atoms with van der Waals surface area (Å²) in [5, 5.41) is 3.20. The zero-order valence-corrected chi connectivity index (χ0v) is 13.1. The molecule has 0 bridgehead atoms. The van der Waals surface area contributed by atoms with E-state index in [0.29, 0.717) is 12.6 Å². The molecule has 19 heavy (non-hydrogen) atoms. The van der Waals surface area contributed by atoms with Gasteiger partial charge in [-0.25, -0.2) is 0 Å². The summed E-state index contributed by atoms with van der Waals surface area (Å²) in [4.78, 5) is 14.3. The highest BCUT2D eigenvalue weighted by Gasteiger charge is 2.16. The number of aryl methyl sites for hydroxylation is 1. The molecule has 108 valence electrons. The van der Waals surface area contributed by atoms with E-state index in [1.54, 1.807) is 0 Å². The predicted molar refractivity (Wildman–Crippen MR) is 80.0 cm³/mol. The lowest BCUT2D eigenvalue weighted by Gasteiger charge is -2.13. The fourth-order valence-corrected chi connectivity index (χ4v) is 2.45. The van der Waals surface area contributed by atoms with Crippen LogP contribution in [0.1, 0.15) is 41.6 Å². The third-order valence-corrected chi connectivity index (χ3v) is 3.32. The first-order chi connectivity index (χ1) is 8.84. The Kier molecular flexibility index (Phi) is 5.76. The SMILES string of the molecule is Cc1cc(C(=O)CNCCN(C)C)c(C)n1C(C)C. The van der Waals surface area contributed by atoms with Gasteiger partial charge in [0.25, 0.3) is 0 Å². The molecule has 0 aliphatic carbocycles. The van der Waals surface area contributed by atoms with E-state index in [0.717, 1.165) is 30.0 Å². The topological polar surface area (TPSA) is 37.3 Å². The lowest BCUT2D eigenvalue weighted by Crippen LogP contribution is -2.30. The molecule has 4 nitrogen and oxygen atoms in total. The van der Waals surface area contributed by atoms with Crippen LogP contribution in [0.15, 0.2) is 6.07 Å². The summed E-state index contributed by atoms with van der Waals surface area (Å²) in [5.74, 6) is 0.179. The number of rotatable bonds is 7. The van der Waals surface area contributed by atoms with Gasteiger partial charge in [0.2, 0.25) is 0 Å². The zero-order chi connectivity index (χ0) is 14.6. The lowest BCUT2D eigenvalue weighted by atomic mass is 10.1. The van der Waals surface area contributed by atoms with E-state index in [-0.39, 0.29) is 5.78 Å². The second-order valence-electron chi connectivity index (χ2n) is 5.65. The van der Waals surface area contributed by atoms with Gasteiger partial charge in [0.15, 0.2) is 5.78 Å². The van der Waals surface area contributed by atoms with Crippen molar-refractivity contribution in [3.05, 3.63) is 23.0 Å². The van der Waals surface area contributed by atoms with Crippen LogP contribution in [0.25, 0.3) is 0 Å². The fraction of sp³-hybridized carbons (Fsp3) is 0.667. The van der Waals surface area contributed by atoms with Crippen molar-refractivity contribution < 1.29 is 4.79 Å². The third-order valence-electron chi connectivity index (χ3n) is 3.32. The van der Waals surface area contributed by atoms with Crippen molar-refractivity contribution in [1.29, 1.82) is 0 Å². The van der Waals surface area contributed by atoms with Gasteiger partial charge < -0.3 is 14.8 Å². The van der Waals surface area contributed by atoms with E-state index >= 15 is 0 Å². The van der Waals surface area contributed by atoms with Gasteiger partial charge in [-0.2, -0.15) is 0 Å². The molecule has 4 heteroatoms. The van der Waals surface area contributed by atoms with Gasteiger partial charge in [0.1, 0.15) is 0 Å². The Morgan fingerprint density at radius 2 is 2.00 bits per heavy atom. The number of nitrogens with one attached hydrogen (secondary N) is 1. The molecule has 0 saturated carbocycles. The molecule has 0 amide bonds. The molecule has 0 aliphatic heterocycles. The molecule has 1 N–H and O–H groups in total. The van der Waals surface area contributed by atoms with E-state index < -0.39 is 0 Å². The Bertz CT molecular complexity index is 433. The number of Topliss-reactive ketones (excluding diaryl/α,β-unsaturated/α-hetero) is 1. The standard InChI is InChI=1S/C15H27N3O/c1-11(2)18-12(3)9-14(13(18)4)15(19)10-16-7-8-17(5)6/h9,11,16H,7-8,10H2,1-6H3. The van der Waals surface area contributed by atoms with Crippen LogP contribution in [0.3, 0.4) is 0 Å². The molecule has 1 rings (SSSR count). The maximum Gasteiger partial charge on any atom is 0.178 e. The summed E-state index contributed by atoms with van der Waals surface area (Å²) < 4.78 is 2.22. The quantitative estimate of drug-likeness (QED) is 0.605. The van der Waals surface area contributed by atoms with Crippen molar-refractivity contribution >= 4 is 5.78 Å². The minimum atomic E-state index is 0.179. The van der Waals surface area contributed by atoms with Crippen molar-refractivity contribution in [2.75, 3.05) is 33.7 Å². The summed E-state index contributed by atoms with van der Waals surface area (Å²) in [6, 6.07) is 2.40. The Morgan fingerprint density at radius 3 is 2.47 bits per heavy atom. The van der Waals surface area contributed by atoms with Gasteiger partial charge in [0.05, 0.1) is 6.54 Å². The van der Waals surface area contributed by atoms with Crippen molar-refractivity contribution in [1.82, 2.24) is 14.8 Å². The highest BCUT2D eigenvalue weighted by atomic mass is 16.1. The minimum Gasteiger partial charge on any atom is -0.346 e. The number of nitrogens with zero attached hydrogens (tertiary/aromatic N) is 2. The Hall–Kier alpha value is -1.13. The first-order valence-corrected chi connectivity index (χ1v) is 6.91. The van der Waals surface area contributed by atoms with E-state index in [1.807, 2.05) is 27.1 Å². The van der Waals surface area contributed by atoms with Crippen LogP contribution in [0.5, 0.6) is 0 Å². The second-order valence-corrected chi connectivity index (χ2v) is 5.65. The van der Waals surface area contributed by atoms with Crippen LogP contribution in [0, 0.1) is 13.8 Å². The molecule has 0 saturated heterocycles. The summed E-state index contributed by atoms with van der Waals surface area (Å²) in [7, 11) is 4.06. The number of aromatic nitrogens is 1. The molecular formula is C15H27N3O. The molecule has 1 heterocycles. The molecule has 1 aromatic rings. The van der Waals surface area contributed by atoms with Gasteiger partial charge >= 0.3 is 0 Å². The average Bonchev–Trinajstić information content (AvgIpc) is 2.59. The monoisotopic (exact) mass is 265 g/mol. The van der Waals surface area contributed by atoms with Crippen LogP contribution in [-0.2, 0) is 0 Å². The first kappa shape index (κ1) is 15.9. The van der Waals surface area contributed by atoms with Crippen molar-refractivity contribution in [3.8, 4) is 0 Å². The van der Waals surface area contributed by atoms with E-state index in [1.165, 1.54) is 0 Å². The number of hydrogen-bond acceptors (Lipinski definition) is 3. The minimum absolute atomic E-state index is 0.179. The third kappa shape index (κ3) is 4.18. The Labute approximate surface area is 116 Å². The lowest BCUT2D eigenvalue weighted by molar-refractivity contribution is 0.0990. The van der Waals surface area contributed by atoms with E-state index in [9.17, 15) is 4.79 Å². The summed E-state index contributed by atoms with van der Waals surface area (Å²) in [6.07, 6.45) is 0. The first-order valence-electron chi connectivity index (χ1n) is 6.91. The highest BCUT2D eigenvalue weighted by Crippen LogP contribution is 2.20. The molecule has 0 aliphatic rings.